The van der Waals surface area contributed by atoms with Crippen molar-refractivity contribution in [3.8, 4) is 11.5 Å². The van der Waals surface area contributed by atoms with Crippen LogP contribution in [-0.2, 0) is 4.79 Å². The topological polar surface area (TPSA) is 85.4 Å². The molecule has 2 aromatic carbocycles. The molecule has 7 nitrogen and oxygen atoms in total. The van der Waals surface area contributed by atoms with Gasteiger partial charge >= 0.3 is 0 Å². The van der Waals surface area contributed by atoms with Crippen molar-refractivity contribution in [3.05, 3.63) is 66.0 Å². The quantitative estimate of drug-likeness (QED) is 0.504. The minimum atomic E-state index is -0.0494. The van der Waals surface area contributed by atoms with Crippen molar-refractivity contribution in [1.29, 1.82) is 0 Å². The Balaban J connectivity index is 1.41. The van der Waals surface area contributed by atoms with Crippen LogP contribution in [0.1, 0.15) is 24.2 Å². The summed E-state index contributed by atoms with van der Waals surface area (Å²) in [4.78, 5) is 20.9. The van der Waals surface area contributed by atoms with Gasteiger partial charge in [-0.1, -0.05) is 0 Å². The zero-order valence-corrected chi connectivity index (χ0v) is 17.4. The Morgan fingerprint density at radius 2 is 1.50 bits per heavy atom. The van der Waals surface area contributed by atoms with Crippen molar-refractivity contribution in [1.82, 2.24) is 9.97 Å². The average Bonchev–Trinajstić information content (AvgIpc) is 2.72. The number of hydrogen-bond acceptors (Lipinski definition) is 6. The summed E-state index contributed by atoms with van der Waals surface area (Å²) < 4.78 is 10.8. The normalized spacial score (nSPS) is 10.4. The number of rotatable bonds is 9. The lowest BCUT2D eigenvalue weighted by Gasteiger charge is -2.09. The molecule has 0 unspecified atom stereocenters. The fraction of sp³-hybridized carbons (Fsp3) is 0.261. The van der Waals surface area contributed by atoms with Gasteiger partial charge in [0, 0.05) is 29.2 Å². The van der Waals surface area contributed by atoms with E-state index in [0.29, 0.717) is 25.4 Å². The first-order chi connectivity index (χ1) is 14.5. The second kappa shape index (κ2) is 10.2. The molecule has 0 aliphatic carbocycles. The Kier molecular flexibility index (Phi) is 7.21. The van der Waals surface area contributed by atoms with Crippen LogP contribution in [0.3, 0.4) is 0 Å². The molecule has 156 valence electrons. The molecular weight excluding hydrogens is 380 g/mol. The fourth-order valence-corrected chi connectivity index (χ4v) is 2.87. The number of methoxy groups -OCH3 is 1. The zero-order chi connectivity index (χ0) is 21.3. The molecule has 7 heteroatoms. The van der Waals surface area contributed by atoms with Crippen molar-refractivity contribution < 1.29 is 14.3 Å². The van der Waals surface area contributed by atoms with Crippen molar-refractivity contribution in [3.63, 3.8) is 0 Å². The Bertz CT molecular complexity index is 952. The van der Waals surface area contributed by atoms with Crippen LogP contribution in [0.4, 0.5) is 17.3 Å². The van der Waals surface area contributed by atoms with E-state index in [9.17, 15) is 4.79 Å². The Labute approximate surface area is 176 Å². The molecule has 1 aromatic heterocycles. The molecule has 0 bridgehead atoms. The van der Waals surface area contributed by atoms with Gasteiger partial charge in [-0.25, -0.2) is 9.97 Å². The highest BCUT2D eigenvalue weighted by Crippen LogP contribution is 2.19. The molecule has 0 radical (unpaired) electrons. The van der Waals surface area contributed by atoms with Crippen molar-refractivity contribution >= 4 is 23.2 Å². The van der Waals surface area contributed by atoms with Crippen molar-refractivity contribution in [2.45, 2.75) is 26.7 Å². The summed E-state index contributed by atoms with van der Waals surface area (Å²) in [6.07, 6.45) is 1.01. The van der Waals surface area contributed by atoms with Gasteiger partial charge in [0.2, 0.25) is 11.9 Å². The monoisotopic (exact) mass is 406 g/mol. The summed E-state index contributed by atoms with van der Waals surface area (Å²) >= 11 is 0. The second-order valence-corrected chi connectivity index (χ2v) is 6.85. The second-order valence-electron chi connectivity index (χ2n) is 6.85. The summed E-state index contributed by atoms with van der Waals surface area (Å²) in [6, 6.07) is 16.7. The highest BCUT2D eigenvalue weighted by Gasteiger charge is 2.05. The average molecular weight is 406 g/mol. The predicted molar refractivity (Wildman–Crippen MR) is 118 cm³/mol. The van der Waals surface area contributed by atoms with E-state index < -0.39 is 0 Å². The number of hydrogen-bond donors (Lipinski definition) is 2. The molecule has 0 aliphatic heterocycles. The van der Waals surface area contributed by atoms with Crippen molar-refractivity contribution in [2.24, 2.45) is 0 Å². The number of amides is 1. The molecule has 0 fully saturated rings. The molecule has 1 heterocycles. The van der Waals surface area contributed by atoms with Gasteiger partial charge in [-0.2, -0.15) is 0 Å². The van der Waals surface area contributed by atoms with Crippen LogP contribution in [0.25, 0.3) is 0 Å². The van der Waals surface area contributed by atoms with Gasteiger partial charge in [-0.3, -0.25) is 4.79 Å². The largest absolute Gasteiger partial charge is 0.497 e. The SMILES string of the molecule is COc1ccc(OCCCC(=O)Nc2ccc(Nc3nc(C)cc(C)n3)cc2)cc1. The Hall–Kier alpha value is -3.61. The number of nitrogens with zero attached hydrogens (tertiary/aromatic N) is 2. The summed E-state index contributed by atoms with van der Waals surface area (Å²) in [7, 11) is 1.62. The van der Waals surface area contributed by atoms with Crippen LogP contribution < -0.4 is 20.1 Å². The number of anilines is 3. The molecular formula is C23H26N4O3. The van der Waals surface area contributed by atoms with E-state index in [4.69, 9.17) is 9.47 Å². The lowest BCUT2D eigenvalue weighted by molar-refractivity contribution is -0.116. The van der Waals surface area contributed by atoms with E-state index in [2.05, 4.69) is 20.6 Å². The van der Waals surface area contributed by atoms with Gasteiger partial charge in [0.1, 0.15) is 11.5 Å². The summed E-state index contributed by atoms with van der Waals surface area (Å²) in [5.74, 6) is 2.05. The predicted octanol–water partition coefficient (Wildman–Crippen LogP) is 4.64. The van der Waals surface area contributed by atoms with E-state index >= 15 is 0 Å². The minimum absolute atomic E-state index is 0.0494. The first-order valence-corrected chi connectivity index (χ1v) is 9.78. The van der Waals surface area contributed by atoms with E-state index in [1.807, 2.05) is 68.4 Å². The first kappa shape index (κ1) is 21.1. The maximum Gasteiger partial charge on any atom is 0.227 e. The molecule has 0 spiro atoms. The molecule has 0 saturated heterocycles. The highest BCUT2D eigenvalue weighted by atomic mass is 16.5. The van der Waals surface area contributed by atoms with E-state index in [1.165, 1.54) is 0 Å². The van der Waals surface area contributed by atoms with Crippen LogP contribution in [-0.4, -0.2) is 29.6 Å². The first-order valence-electron chi connectivity index (χ1n) is 9.78. The Morgan fingerprint density at radius 1 is 0.900 bits per heavy atom. The lowest BCUT2D eigenvalue weighted by Crippen LogP contribution is -2.12. The number of ether oxygens (including phenoxy) is 2. The highest BCUT2D eigenvalue weighted by molar-refractivity contribution is 5.90. The van der Waals surface area contributed by atoms with Gasteiger partial charge in [-0.15, -0.1) is 0 Å². The van der Waals surface area contributed by atoms with E-state index in [1.54, 1.807) is 7.11 Å². The maximum atomic E-state index is 12.1. The Morgan fingerprint density at radius 3 is 2.13 bits per heavy atom. The smallest absolute Gasteiger partial charge is 0.227 e. The fourth-order valence-electron chi connectivity index (χ4n) is 2.87. The van der Waals surface area contributed by atoms with Gasteiger partial charge in [0.25, 0.3) is 0 Å². The lowest BCUT2D eigenvalue weighted by atomic mass is 10.2. The van der Waals surface area contributed by atoms with Gasteiger partial charge in [0.05, 0.1) is 13.7 Å². The zero-order valence-electron chi connectivity index (χ0n) is 17.4. The molecule has 30 heavy (non-hydrogen) atoms. The summed E-state index contributed by atoms with van der Waals surface area (Å²) in [5, 5.41) is 6.07. The molecule has 0 atom stereocenters. The van der Waals surface area contributed by atoms with E-state index in [-0.39, 0.29) is 5.91 Å². The van der Waals surface area contributed by atoms with Crippen molar-refractivity contribution in [2.75, 3.05) is 24.4 Å². The number of aromatic nitrogens is 2. The number of nitrogens with one attached hydrogen (secondary N) is 2. The third-order valence-electron chi connectivity index (χ3n) is 4.28. The summed E-state index contributed by atoms with van der Waals surface area (Å²) in [5.41, 5.74) is 3.41. The van der Waals surface area contributed by atoms with Crippen LogP contribution >= 0.6 is 0 Å². The third kappa shape index (κ3) is 6.48. The third-order valence-corrected chi connectivity index (χ3v) is 4.28. The molecule has 0 aliphatic rings. The molecule has 2 N–H and O–H groups in total. The van der Waals surface area contributed by atoms with Crippen LogP contribution in [0.2, 0.25) is 0 Å². The van der Waals surface area contributed by atoms with Gasteiger partial charge in [-0.05, 0) is 74.9 Å². The number of carbonyl (C=O) groups excluding carboxylic acids is 1. The van der Waals surface area contributed by atoms with Gasteiger partial charge in [0.15, 0.2) is 0 Å². The van der Waals surface area contributed by atoms with Crippen LogP contribution in [0.5, 0.6) is 11.5 Å². The molecule has 3 rings (SSSR count). The van der Waals surface area contributed by atoms with Crippen LogP contribution in [0, 0.1) is 13.8 Å². The minimum Gasteiger partial charge on any atom is -0.497 e. The summed E-state index contributed by atoms with van der Waals surface area (Å²) in [6.45, 7) is 4.33. The standard InChI is InChI=1S/C23H26N4O3/c1-16-15-17(2)25-23(24-16)27-19-8-6-18(7-9-19)26-22(28)5-4-14-30-21-12-10-20(29-3)11-13-21/h6-13,15H,4-5,14H2,1-3H3,(H,26,28)(H,24,25,27). The molecule has 3 aromatic rings. The number of benzene rings is 2. The molecule has 1 amide bonds. The molecule has 0 saturated carbocycles. The van der Waals surface area contributed by atoms with Gasteiger partial charge < -0.3 is 20.1 Å². The number of carbonyl (C=O) groups is 1. The number of aryl methyl sites for hydroxylation is 2. The van der Waals surface area contributed by atoms with E-state index in [0.717, 1.165) is 34.3 Å². The van der Waals surface area contributed by atoms with Crippen LogP contribution in [0.15, 0.2) is 54.6 Å². The maximum absolute atomic E-state index is 12.1.